The van der Waals surface area contributed by atoms with Gasteiger partial charge in [0.05, 0.1) is 6.04 Å². The zero-order valence-electron chi connectivity index (χ0n) is 3.59. The molecule has 0 aliphatic carbocycles. The van der Waals surface area contributed by atoms with Gasteiger partial charge in [-0.25, -0.2) is 0 Å². The minimum absolute atomic E-state index is 0.468. The molecule has 0 spiro atoms. The van der Waals surface area contributed by atoms with Crippen molar-refractivity contribution in [3.05, 3.63) is 0 Å². The van der Waals surface area contributed by atoms with Crippen LogP contribution in [-0.4, -0.2) is 11.8 Å². The fourth-order valence-corrected chi connectivity index (χ4v) is 0.865. The van der Waals surface area contributed by atoms with Crippen molar-refractivity contribution in [1.82, 2.24) is 0 Å². The van der Waals surface area contributed by atoms with Crippen molar-refractivity contribution in [2.45, 2.75) is 13.0 Å². The van der Waals surface area contributed by atoms with Crippen LogP contribution < -0.4 is 0 Å². The first-order valence-electron chi connectivity index (χ1n) is 1.92. The Morgan fingerprint density at radius 1 is 1.83 bits per heavy atom. The first-order valence-corrected chi connectivity index (χ1v) is 2.86. The van der Waals surface area contributed by atoms with Gasteiger partial charge in [0.1, 0.15) is 0 Å². The van der Waals surface area contributed by atoms with Crippen LogP contribution in [-0.2, 0) is 0 Å². The maximum atomic E-state index is 3.82. The second kappa shape index (κ2) is 1.60. The predicted molar refractivity (Wildman–Crippen MR) is 26.8 cm³/mol. The van der Waals surface area contributed by atoms with E-state index in [0.717, 1.165) is 5.75 Å². The van der Waals surface area contributed by atoms with Gasteiger partial charge >= 0.3 is 0 Å². The highest BCUT2D eigenvalue weighted by Crippen LogP contribution is 2.15. The molecule has 0 N–H and O–H groups in total. The van der Waals surface area contributed by atoms with Crippen LogP contribution in [0, 0.1) is 0 Å². The summed E-state index contributed by atoms with van der Waals surface area (Å²) in [6.07, 6.45) is 0. The lowest BCUT2D eigenvalue weighted by Crippen LogP contribution is -1.92. The van der Waals surface area contributed by atoms with E-state index in [9.17, 15) is 0 Å². The molecule has 3 heteroatoms. The van der Waals surface area contributed by atoms with E-state index in [0.29, 0.717) is 6.04 Å². The summed E-state index contributed by atoms with van der Waals surface area (Å²) in [5.74, 6) is 1.07. The molecule has 1 atom stereocenters. The molecule has 1 aliphatic heterocycles. The van der Waals surface area contributed by atoms with Crippen molar-refractivity contribution in [2.75, 3.05) is 5.75 Å². The van der Waals surface area contributed by atoms with Gasteiger partial charge in [0.15, 0.2) is 0 Å². The SMILES string of the molecule is CC1CSN=N1. The molecule has 0 bridgehead atoms. The quantitative estimate of drug-likeness (QED) is 0.425. The molecule has 1 rings (SSSR count). The number of hydrogen-bond acceptors (Lipinski definition) is 3. The summed E-state index contributed by atoms with van der Waals surface area (Å²) < 4.78 is 3.71. The summed E-state index contributed by atoms with van der Waals surface area (Å²) in [5.41, 5.74) is 0. The Bertz CT molecular complexity index is 71.2. The van der Waals surface area contributed by atoms with Crippen molar-refractivity contribution >= 4 is 11.9 Å². The molecule has 0 saturated carbocycles. The molecule has 0 fully saturated rings. The smallest absolute Gasteiger partial charge is 0.0799 e. The molecular formula is C3H6N2S. The highest BCUT2D eigenvalue weighted by Gasteiger charge is 2.03. The minimum atomic E-state index is 0.468. The maximum Gasteiger partial charge on any atom is 0.0799 e. The average Bonchev–Trinajstić information content (AvgIpc) is 1.86. The average molecular weight is 102 g/mol. The molecule has 1 aliphatic rings. The summed E-state index contributed by atoms with van der Waals surface area (Å²) >= 11 is 1.54. The van der Waals surface area contributed by atoms with Crippen LogP contribution >= 0.6 is 11.9 Å². The Balaban J connectivity index is 2.38. The van der Waals surface area contributed by atoms with Crippen LogP contribution in [0.15, 0.2) is 9.63 Å². The third-order valence-corrected chi connectivity index (χ3v) is 1.46. The van der Waals surface area contributed by atoms with Gasteiger partial charge in [-0.15, -0.1) is 4.52 Å². The van der Waals surface area contributed by atoms with Crippen molar-refractivity contribution in [2.24, 2.45) is 9.63 Å². The Morgan fingerprint density at radius 2 is 2.67 bits per heavy atom. The van der Waals surface area contributed by atoms with E-state index in [4.69, 9.17) is 0 Å². The van der Waals surface area contributed by atoms with Gasteiger partial charge < -0.3 is 0 Å². The lowest BCUT2D eigenvalue weighted by atomic mass is 10.4. The molecule has 1 heterocycles. The van der Waals surface area contributed by atoms with E-state index in [1.807, 2.05) is 0 Å². The minimum Gasteiger partial charge on any atom is -0.178 e. The predicted octanol–water partition coefficient (Wildman–Crippen LogP) is 1.49. The second-order valence-corrected chi connectivity index (χ2v) is 2.10. The van der Waals surface area contributed by atoms with Crippen LogP contribution in [0.5, 0.6) is 0 Å². The molecule has 2 nitrogen and oxygen atoms in total. The van der Waals surface area contributed by atoms with Crippen LogP contribution in [0.3, 0.4) is 0 Å². The van der Waals surface area contributed by atoms with Gasteiger partial charge in [-0.2, -0.15) is 5.11 Å². The maximum absolute atomic E-state index is 3.82. The largest absolute Gasteiger partial charge is 0.178 e. The van der Waals surface area contributed by atoms with E-state index in [2.05, 4.69) is 16.6 Å². The van der Waals surface area contributed by atoms with E-state index in [1.165, 1.54) is 0 Å². The van der Waals surface area contributed by atoms with Gasteiger partial charge in [-0.3, -0.25) is 0 Å². The van der Waals surface area contributed by atoms with E-state index < -0.39 is 0 Å². The van der Waals surface area contributed by atoms with Crippen LogP contribution in [0.2, 0.25) is 0 Å². The van der Waals surface area contributed by atoms with Gasteiger partial charge in [-0.1, -0.05) is 0 Å². The zero-order chi connectivity index (χ0) is 4.41. The van der Waals surface area contributed by atoms with E-state index >= 15 is 0 Å². The molecule has 0 amide bonds. The van der Waals surface area contributed by atoms with Crippen LogP contribution in [0.1, 0.15) is 6.92 Å². The second-order valence-electron chi connectivity index (χ2n) is 1.34. The Labute approximate surface area is 41.2 Å². The summed E-state index contributed by atoms with van der Waals surface area (Å²) in [5, 5.41) is 3.82. The van der Waals surface area contributed by atoms with Crippen LogP contribution in [0.25, 0.3) is 0 Å². The standard InChI is InChI=1S/C3H6N2S/c1-3-2-6-5-4-3/h3H,2H2,1H3. The van der Waals surface area contributed by atoms with Gasteiger partial charge in [0.25, 0.3) is 0 Å². The highest BCUT2D eigenvalue weighted by atomic mass is 32.2. The van der Waals surface area contributed by atoms with Gasteiger partial charge in [0, 0.05) is 5.75 Å². The highest BCUT2D eigenvalue weighted by molar-refractivity contribution is 7.98. The number of rotatable bonds is 0. The van der Waals surface area contributed by atoms with Crippen molar-refractivity contribution in [3.8, 4) is 0 Å². The molecule has 0 saturated heterocycles. The summed E-state index contributed by atoms with van der Waals surface area (Å²) in [4.78, 5) is 0. The Morgan fingerprint density at radius 3 is 2.83 bits per heavy atom. The molecule has 6 heavy (non-hydrogen) atoms. The molecule has 0 aromatic carbocycles. The van der Waals surface area contributed by atoms with Crippen molar-refractivity contribution in [3.63, 3.8) is 0 Å². The summed E-state index contributed by atoms with van der Waals surface area (Å²) in [7, 11) is 0. The first kappa shape index (κ1) is 4.12. The molecule has 1 unspecified atom stereocenters. The zero-order valence-corrected chi connectivity index (χ0v) is 4.40. The first-order chi connectivity index (χ1) is 2.89. The summed E-state index contributed by atoms with van der Waals surface area (Å²) in [6.45, 7) is 2.06. The van der Waals surface area contributed by atoms with Gasteiger partial charge in [-0.05, 0) is 18.9 Å². The van der Waals surface area contributed by atoms with Crippen LogP contribution in [0.4, 0.5) is 0 Å². The normalized spacial score (nSPS) is 31.8. The van der Waals surface area contributed by atoms with Gasteiger partial charge in [0.2, 0.25) is 0 Å². The third kappa shape index (κ3) is 0.712. The lowest BCUT2D eigenvalue weighted by molar-refractivity contribution is 0.831. The van der Waals surface area contributed by atoms with E-state index in [-0.39, 0.29) is 0 Å². The fraction of sp³-hybridized carbons (Fsp3) is 1.00. The molecule has 0 aromatic heterocycles. The summed E-state index contributed by atoms with van der Waals surface area (Å²) in [6, 6.07) is 0.468. The number of hydrogen-bond donors (Lipinski definition) is 0. The lowest BCUT2D eigenvalue weighted by Gasteiger charge is -1.83. The monoisotopic (exact) mass is 102 g/mol. The van der Waals surface area contributed by atoms with Crippen molar-refractivity contribution in [1.29, 1.82) is 0 Å². The molecule has 34 valence electrons. The molecular weight excluding hydrogens is 96.1 g/mol. The third-order valence-electron chi connectivity index (χ3n) is 0.618. The fourth-order valence-electron chi connectivity index (χ4n) is 0.288. The topological polar surface area (TPSA) is 24.7 Å². The molecule has 0 aromatic rings. The van der Waals surface area contributed by atoms with E-state index in [1.54, 1.807) is 11.9 Å². The number of nitrogens with zero attached hydrogens (tertiary/aromatic N) is 2. The van der Waals surface area contributed by atoms with Crippen molar-refractivity contribution < 1.29 is 0 Å². The Kier molecular flexibility index (Phi) is 1.10. The Hall–Kier alpha value is -0.0500. The molecule has 0 radical (unpaired) electrons.